The van der Waals surface area contributed by atoms with Gasteiger partial charge in [0.25, 0.3) is 5.91 Å². The number of hydrogen-bond donors (Lipinski definition) is 1. The van der Waals surface area contributed by atoms with E-state index in [-0.39, 0.29) is 12.0 Å². The van der Waals surface area contributed by atoms with E-state index in [2.05, 4.69) is 26.5 Å². The van der Waals surface area contributed by atoms with Gasteiger partial charge in [0.15, 0.2) is 0 Å². The number of amides is 1. The zero-order valence-electron chi connectivity index (χ0n) is 12.4. The lowest BCUT2D eigenvalue weighted by Gasteiger charge is -2.09. The fourth-order valence-electron chi connectivity index (χ4n) is 1.76. The van der Waals surface area contributed by atoms with Crippen LogP contribution >= 0.6 is 15.9 Å². The molecule has 22 heavy (non-hydrogen) atoms. The molecule has 0 radical (unpaired) electrons. The molecule has 4 nitrogen and oxygen atoms in total. The Kier molecular flexibility index (Phi) is 5.72. The molecule has 5 heteroatoms. The SMILES string of the molecule is CC(C)Oc1ccc(C(=O)N/N=C\c2ccccc2Br)cc1. The summed E-state index contributed by atoms with van der Waals surface area (Å²) in [6.45, 7) is 3.91. The number of halogens is 1. The van der Waals surface area contributed by atoms with E-state index >= 15 is 0 Å². The molecule has 0 aliphatic rings. The number of benzene rings is 2. The smallest absolute Gasteiger partial charge is 0.271 e. The van der Waals surface area contributed by atoms with E-state index in [0.717, 1.165) is 15.8 Å². The summed E-state index contributed by atoms with van der Waals surface area (Å²) in [5.74, 6) is 0.475. The van der Waals surface area contributed by atoms with Gasteiger partial charge in [0.05, 0.1) is 12.3 Å². The van der Waals surface area contributed by atoms with Crippen molar-refractivity contribution in [1.29, 1.82) is 0 Å². The van der Waals surface area contributed by atoms with Gasteiger partial charge in [-0.25, -0.2) is 5.43 Å². The van der Waals surface area contributed by atoms with E-state index in [0.29, 0.717) is 5.56 Å². The van der Waals surface area contributed by atoms with Gasteiger partial charge >= 0.3 is 0 Å². The summed E-state index contributed by atoms with van der Waals surface area (Å²) < 4.78 is 6.45. The first-order chi connectivity index (χ1) is 10.6. The highest BCUT2D eigenvalue weighted by atomic mass is 79.9. The molecule has 2 aromatic rings. The maximum Gasteiger partial charge on any atom is 0.271 e. The Morgan fingerprint density at radius 1 is 1.18 bits per heavy atom. The number of rotatable bonds is 5. The number of carbonyl (C=O) groups excluding carboxylic acids is 1. The molecular formula is C17H17BrN2O2. The number of hydrogen-bond acceptors (Lipinski definition) is 3. The summed E-state index contributed by atoms with van der Waals surface area (Å²) in [6.07, 6.45) is 1.70. The van der Waals surface area contributed by atoms with Gasteiger partial charge in [-0.3, -0.25) is 4.79 Å². The standard InChI is InChI=1S/C17H17BrN2O2/c1-12(2)22-15-9-7-13(8-10-15)17(21)20-19-11-14-5-3-4-6-16(14)18/h3-12H,1-2H3,(H,20,21)/b19-11-. The van der Waals surface area contributed by atoms with Crippen LogP contribution in [0.2, 0.25) is 0 Å². The van der Waals surface area contributed by atoms with Gasteiger partial charge in [0, 0.05) is 15.6 Å². The molecule has 0 bridgehead atoms. The van der Waals surface area contributed by atoms with Crippen molar-refractivity contribution < 1.29 is 9.53 Å². The third-order valence-electron chi connectivity index (χ3n) is 2.76. The monoisotopic (exact) mass is 360 g/mol. The summed E-state index contributed by atoms with van der Waals surface area (Å²) in [6, 6.07) is 14.6. The van der Waals surface area contributed by atoms with Gasteiger partial charge < -0.3 is 4.74 Å². The maximum absolute atomic E-state index is 12.0. The Bertz CT molecular complexity index is 667. The minimum Gasteiger partial charge on any atom is -0.491 e. The van der Waals surface area contributed by atoms with E-state index in [9.17, 15) is 4.79 Å². The second-order valence-corrected chi connectivity index (χ2v) is 5.77. The second kappa shape index (κ2) is 7.75. The first-order valence-corrected chi connectivity index (χ1v) is 7.70. The minimum absolute atomic E-state index is 0.105. The van der Waals surface area contributed by atoms with Crippen LogP contribution in [-0.2, 0) is 0 Å². The molecular weight excluding hydrogens is 344 g/mol. The third kappa shape index (κ3) is 4.70. The van der Waals surface area contributed by atoms with Gasteiger partial charge in [0.1, 0.15) is 5.75 Å². The molecule has 0 saturated carbocycles. The average Bonchev–Trinajstić information content (AvgIpc) is 2.49. The van der Waals surface area contributed by atoms with Crippen molar-refractivity contribution in [3.05, 3.63) is 64.1 Å². The molecule has 1 amide bonds. The van der Waals surface area contributed by atoms with Crippen LogP contribution in [0.1, 0.15) is 29.8 Å². The van der Waals surface area contributed by atoms with Crippen molar-refractivity contribution in [2.75, 3.05) is 0 Å². The number of carbonyl (C=O) groups is 1. The van der Waals surface area contributed by atoms with Crippen LogP contribution in [0.25, 0.3) is 0 Å². The predicted octanol–water partition coefficient (Wildman–Crippen LogP) is 4.00. The Labute approximate surface area is 138 Å². The highest BCUT2D eigenvalue weighted by Crippen LogP contribution is 2.14. The maximum atomic E-state index is 12.0. The predicted molar refractivity (Wildman–Crippen MR) is 91.4 cm³/mol. The van der Waals surface area contributed by atoms with E-state index in [1.54, 1.807) is 30.5 Å². The van der Waals surface area contributed by atoms with Crippen molar-refractivity contribution >= 4 is 28.1 Å². The van der Waals surface area contributed by atoms with Crippen LogP contribution in [0.5, 0.6) is 5.75 Å². The molecule has 2 rings (SSSR count). The Morgan fingerprint density at radius 2 is 1.86 bits per heavy atom. The summed E-state index contributed by atoms with van der Waals surface area (Å²) in [5, 5.41) is 3.96. The van der Waals surface area contributed by atoms with Crippen LogP contribution in [0, 0.1) is 0 Å². The van der Waals surface area contributed by atoms with Gasteiger partial charge in [-0.15, -0.1) is 0 Å². The Hall–Kier alpha value is -2.14. The van der Waals surface area contributed by atoms with Gasteiger partial charge in [-0.1, -0.05) is 34.1 Å². The number of hydrazone groups is 1. The van der Waals surface area contributed by atoms with E-state index in [1.807, 2.05) is 38.1 Å². The molecule has 0 aliphatic carbocycles. The molecule has 0 saturated heterocycles. The summed E-state index contributed by atoms with van der Waals surface area (Å²) >= 11 is 3.42. The first-order valence-electron chi connectivity index (χ1n) is 6.91. The fraction of sp³-hybridized carbons (Fsp3) is 0.176. The van der Waals surface area contributed by atoms with Crippen LogP contribution in [0.15, 0.2) is 58.1 Å². The molecule has 0 atom stereocenters. The Balaban J connectivity index is 1.96. The van der Waals surface area contributed by atoms with Gasteiger partial charge in [-0.05, 0) is 44.2 Å². The third-order valence-corrected chi connectivity index (χ3v) is 3.49. The number of nitrogens with zero attached hydrogens (tertiary/aromatic N) is 1. The van der Waals surface area contributed by atoms with Crippen LogP contribution < -0.4 is 10.2 Å². The van der Waals surface area contributed by atoms with Crippen LogP contribution in [0.3, 0.4) is 0 Å². The first kappa shape index (κ1) is 16.2. The largest absolute Gasteiger partial charge is 0.491 e. The Morgan fingerprint density at radius 3 is 2.50 bits per heavy atom. The quantitative estimate of drug-likeness (QED) is 0.647. The van der Waals surface area contributed by atoms with E-state index < -0.39 is 0 Å². The second-order valence-electron chi connectivity index (χ2n) is 4.91. The van der Waals surface area contributed by atoms with Crippen molar-refractivity contribution in [3.8, 4) is 5.75 Å². The van der Waals surface area contributed by atoms with E-state index in [4.69, 9.17) is 4.74 Å². The van der Waals surface area contributed by atoms with Gasteiger partial charge in [-0.2, -0.15) is 5.10 Å². The van der Waals surface area contributed by atoms with Crippen LogP contribution in [-0.4, -0.2) is 18.2 Å². The molecule has 0 aliphatic heterocycles. The summed E-state index contributed by atoms with van der Waals surface area (Å²) in [4.78, 5) is 12.0. The zero-order chi connectivity index (χ0) is 15.9. The van der Waals surface area contributed by atoms with Crippen molar-refractivity contribution in [3.63, 3.8) is 0 Å². The molecule has 0 heterocycles. The van der Waals surface area contributed by atoms with Gasteiger partial charge in [0.2, 0.25) is 0 Å². The van der Waals surface area contributed by atoms with E-state index in [1.165, 1.54) is 0 Å². The molecule has 0 spiro atoms. The normalized spacial score (nSPS) is 10.9. The lowest BCUT2D eigenvalue weighted by molar-refractivity contribution is 0.0955. The molecule has 2 aromatic carbocycles. The number of nitrogens with one attached hydrogen (secondary N) is 1. The summed E-state index contributed by atoms with van der Waals surface area (Å²) in [7, 11) is 0. The highest BCUT2D eigenvalue weighted by molar-refractivity contribution is 9.10. The average molecular weight is 361 g/mol. The lowest BCUT2D eigenvalue weighted by atomic mass is 10.2. The zero-order valence-corrected chi connectivity index (χ0v) is 14.0. The molecule has 114 valence electrons. The topological polar surface area (TPSA) is 50.7 Å². The molecule has 0 fully saturated rings. The number of ether oxygens (including phenoxy) is 1. The van der Waals surface area contributed by atoms with Crippen molar-refractivity contribution in [1.82, 2.24) is 5.43 Å². The molecule has 0 aromatic heterocycles. The van der Waals surface area contributed by atoms with Crippen molar-refractivity contribution in [2.24, 2.45) is 5.10 Å². The molecule has 0 unspecified atom stereocenters. The molecule has 1 N–H and O–H groups in total. The highest BCUT2D eigenvalue weighted by Gasteiger charge is 2.05. The summed E-state index contributed by atoms with van der Waals surface area (Å²) in [5.41, 5.74) is 3.92. The fourth-order valence-corrected chi connectivity index (χ4v) is 2.15. The van der Waals surface area contributed by atoms with Crippen LogP contribution in [0.4, 0.5) is 0 Å². The lowest BCUT2D eigenvalue weighted by Crippen LogP contribution is -2.17. The minimum atomic E-state index is -0.264. The van der Waals surface area contributed by atoms with Crippen molar-refractivity contribution in [2.45, 2.75) is 20.0 Å².